The summed E-state index contributed by atoms with van der Waals surface area (Å²) in [6, 6.07) is 8.91. The molecule has 0 heterocycles. The number of hydrogen-bond acceptors (Lipinski definition) is 3. The average molecular weight is 253 g/mol. The fourth-order valence-electron chi connectivity index (χ4n) is 1.70. The molecule has 1 aromatic carbocycles. The van der Waals surface area contributed by atoms with Crippen LogP contribution < -0.4 is 10.1 Å². The summed E-state index contributed by atoms with van der Waals surface area (Å²) < 4.78 is 5.50. The molecule has 0 spiro atoms. The molecule has 2 nitrogen and oxygen atoms in total. The van der Waals surface area contributed by atoms with Gasteiger partial charge in [0.05, 0.1) is 6.61 Å². The van der Waals surface area contributed by atoms with Crippen LogP contribution in [0.4, 0.5) is 0 Å². The van der Waals surface area contributed by atoms with Gasteiger partial charge in [0.15, 0.2) is 0 Å². The summed E-state index contributed by atoms with van der Waals surface area (Å²) in [4.78, 5) is 0. The molecule has 1 aromatic rings. The molecule has 3 heteroatoms. The third-order valence-electron chi connectivity index (χ3n) is 2.66. The molecule has 0 saturated carbocycles. The van der Waals surface area contributed by atoms with Crippen LogP contribution >= 0.6 is 11.8 Å². The van der Waals surface area contributed by atoms with Crippen molar-refractivity contribution >= 4 is 11.8 Å². The average Bonchev–Trinajstić information content (AvgIpc) is 2.35. The van der Waals surface area contributed by atoms with E-state index in [1.165, 1.54) is 17.7 Å². The first-order valence-electron chi connectivity index (χ1n) is 6.24. The van der Waals surface area contributed by atoms with Gasteiger partial charge in [0.25, 0.3) is 0 Å². The second-order valence-corrected chi connectivity index (χ2v) is 4.93. The molecule has 1 atom stereocenters. The number of ether oxygens (including phenoxy) is 1. The summed E-state index contributed by atoms with van der Waals surface area (Å²) in [6.07, 6.45) is 3.33. The van der Waals surface area contributed by atoms with Crippen LogP contribution in [0.3, 0.4) is 0 Å². The molecule has 1 rings (SSSR count). The van der Waals surface area contributed by atoms with E-state index < -0.39 is 0 Å². The molecule has 0 bridgehead atoms. The zero-order valence-electron chi connectivity index (χ0n) is 11.0. The molecule has 0 aliphatic heterocycles. The SMILES string of the molecule is CCOc1cccc(CNC(CC)CSC)c1. The van der Waals surface area contributed by atoms with E-state index in [4.69, 9.17) is 4.74 Å². The van der Waals surface area contributed by atoms with Gasteiger partial charge < -0.3 is 10.1 Å². The van der Waals surface area contributed by atoms with E-state index in [2.05, 4.69) is 36.7 Å². The molecule has 0 saturated heterocycles. The van der Waals surface area contributed by atoms with Gasteiger partial charge in [-0.25, -0.2) is 0 Å². The quantitative estimate of drug-likeness (QED) is 0.768. The van der Waals surface area contributed by atoms with E-state index in [9.17, 15) is 0 Å². The van der Waals surface area contributed by atoms with Crippen LogP contribution in [0, 0.1) is 0 Å². The van der Waals surface area contributed by atoms with Crippen molar-refractivity contribution in [1.29, 1.82) is 0 Å². The number of rotatable bonds is 8. The number of thioether (sulfide) groups is 1. The molecule has 0 fully saturated rings. The lowest BCUT2D eigenvalue weighted by atomic mass is 10.2. The highest BCUT2D eigenvalue weighted by Crippen LogP contribution is 2.13. The monoisotopic (exact) mass is 253 g/mol. The van der Waals surface area contributed by atoms with Gasteiger partial charge in [-0.3, -0.25) is 0 Å². The van der Waals surface area contributed by atoms with Crippen molar-refractivity contribution in [3.63, 3.8) is 0 Å². The van der Waals surface area contributed by atoms with Gasteiger partial charge in [-0.2, -0.15) is 11.8 Å². The van der Waals surface area contributed by atoms with E-state index in [1.807, 2.05) is 24.8 Å². The van der Waals surface area contributed by atoms with Crippen LogP contribution in [0.2, 0.25) is 0 Å². The molecule has 96 valence electrons. The van der Waals surface area contributed by atoms with Crippen molar-refractivity contribution in [3.05, 3.63) is 29.8 Å². The van der Waals surface area contributed by atoms with Gasteiger partial charge in [0.1, 0.15) is 5.75 Å². The zero-order valence-corrected chi connectivity index (χ0v) is 11.8. The lowest BCUT2D eigenvalue weighted by Crippen LogP contribution is -2.30. The first-order chi connectivity index (χ1) is 8.30. The minimum absolute atomic E-state index is 0.598. The fourth-order valence-corrected chi connectivity index (χ4v) is 2.45. The predicted octanol–water partition coefficient (Wildman–Crippen LogP) is 3.32. The maximum absolute atomic E-state index is 5.50. The molecule has 17 heavy (non-hydrogen) atoms. The molecule has 0 amide bonds. The smallest absolute Gasteiger partial charge is 0.119 e. The molecule has 1 unspecified atom stereocenters. The van der Waals surface area contributed by atoms with E-state index in [1.54, 1.807) is 0 Å². The van der Waals surface area contributed by atoms with Gasteiger partial charge in [-0.1, -0.05) is 19.1 Å². The van der Waals surface area contributed by atoms with E-state index in [0.29, 0.717) is 6.04 Å². The third-order valence-corrected chi connectivity index (χ3v) is 3.40. The third kappa shape index (κ3) is 5.46. The Labute approximate surface area is 109 Å². The minimum Gasteiger partial charge on any atom is -0.494 e. The Bertz CT molecular complexity index is 317. The Balaban J connectivity index is 2.47. The van der Waals surface area contributed by atoms with Crippen LogP contribution in [-0.4, -0.2) is 24.7 Å². The fraction of sp³-hybridized carbons (Fsp3) is 0.571. The molecular weight excluding hydrogens is 230 g/mol. The normalized spacial score (nSPS) is 12.4. The number of hydrogen-bond donors (Lipinski definition) is 1. The molecule has 0 radical (unpaired) electrons. The van der Waals surface area contributed by atoms with E-state index >= 15 is 0 Å². The van der Waals surface area contributed by atoms with Crippen LogP contribution in [-0.2, 0) is 6.54 Å². The highest BCUT2D eigenvalue weighted by atomic mass is 32.2. The maximum atomic E-state index is 5.50. The van der Waals surface area contributed by atoms with Gasteiger partial charge in [-0.05, 0) is 37.3 Å². The van der Waals surface area contributed by atoms with Crippen LogP contribution in [0.1, 0.15) is 25.8 Å². The first kappa shape index (κ1) is 14.4. The first-order valence-corrected chi connectivity index (χ1v) is 7.63. The highest BCUT2D eigenvalue weighted by molar-refractivity contribution is 7.98. The van der Waals surface area contributed by atoms with E-state index in [0.717, 1.165) is 18.9 Å². The lowest BCUT2D eigenvalue weighted by Gasteiger charge is -2.16. The molecular formula is C14H23NOS. The maximum Gasteiger partial charge on any atom is 0.119 e. The summed E-state index contributed by atoms with van der Waals surface area (Å²) >= 11 is 1.89. The second kappa shape index (κ2) is 8.43. The van der Waals surface area contributed by atoms with E-state index in [-0.39, 0.29) is 0 Å². The summed E-state index contributed by atoms with van der Waals surface area (Å²) in [5.41, 5.74) is 1.29. The van der Waals surface area contributed by atoms with Crippen molar-refractivity contribution in [2.45, 2.75) is 32.9 Å². The van der Waals surface area contributed by atoms with Crippen LogP contribution in [0.25, 0.3) is 0 Å². The van der Waals surface area contributed by atoms with Crippen molar-refractivity contribution < 1.29 is 4.74 Å². The largest absolute Gasteiger partial charge is 0.494 e. The molecule has 0 aliphatic rings. The Kier molecular flexibility index (Phi) is 7.13. The summed E-state index contributed by atoms with van der Waals surface area (Å²) in [6.45, 7) is 5.88. The lowest BCUT2D eigenvalue weighted by molar-refractivity contribution is 0.339. The Morgan fingerprint density at radius 1 is 1.35 bits per heavy atom. The van der Waals surface area contributed by atoms with Gasteiger partial charge in [-0.15, -0.1) is 0 Å². The zero-order chi connectivity index (χ0) is 12.5. The second-order valence-electron chi connectivity index (χ2n) is 4.02. The Morgan fingerprint density at radius 2 is 2.18 bits per heavy atom. The van der Waals surface area contributed by atoms with Crippen LogP contribution in [0.15, 0.2) is 24.3 Å². The predicted molar refractivity (Wildman–Crippen MR) is 76.9 cm³/mol. The van der Waals surface area contributed by atoms with Crippen molar-refractivity contribution in [3.8, 4) is 5.75 Å². The summed E-state index contributed by atoms with van der Waals surface area (Å²) in [5.74, 6) is 2.13. The van der Waals surface area contributed by atoms with Gasteiger partial charge in [0, 0.05) is 18.3 Å². The highest BCUT2D eigenvalue weighted by Gasteiger charge is 2.04. The summed E-state index contributed by atoms with van der Waals surface area (Å²) in [7, 11) is 0. The number of benzene rings is 1. The number of nitrogens with one attached hydrogen (secondary N) is 1. The van der Waals surface area contributed by atoms with Crippen molar-refractivity contribution in [1.82, 2.24) is 5.32 Å². The standard InChI is InChI=1S/C14H23NOS/c1-4-13(11-17-3)15-10-12-7-6-8-14(9-12)16-5-2/h6-9,13,15H,4-5,10-11H2,1-3H3. The minimum atomic E-state index is 0.598. The van der Waals surface area contributed by atoms with Gasteiger partial charge >= 0.3 is 0 Å². The summed E-state index contributed by atoms with van der Waals surface area (Å²) in [5, 5.41) is 3.58. The van der Waals surface area contributed by atoms with Crippen molar-refractivity contribution in [2.24, 2.45) is 0 Å². The topological polar surface area (TPSA) is 21.3 Å². The van der Waals surface area contributed by atoms with Gasteiger partial charge in [0.2, 0.25) is 0 Å². The molecule has 0 aromatic heterocycles. The Morgan fingerprint density at radius 3 is 2.82 bits per heavy atom. The molecule has 1 N–H and O–H groups in total. The Hall–Kier alpha value is -0.670. The molecule has 0 aliphatic carbocycles. The van der Waals surface area contributed by atoms with Crippen molar-refractivity contribution in [2.75, 3.05) is 18.6 Å². The van der Waals surface area contributed by atoms with Crippen LogP contribution in [0.5, 0.6) is 5.75 Å².